The SMILES string of the molecule is O=C(O)c1ccc2c3ccc(C(=O)O)c4c(C(=O)NC5CCCCC5)ccc(c5ccc(C(=O)NC6CCCCC6)c1c25)c43. The van der Waals surface area contributed by atoms with Gasteiger partial charge in [0, 0.05) is 34.0 Å². The Morgan fingerprint density at radius 3 is 1.09 bits per heavy atom. The molecule has 2 fully saturated rings. The summed E-state index contributed by atoms with van der Waals surface area (Å²) in [5, 5.41) is 31.5. The predicted molar refractivity (Wildman–Crippen MR) is 170 cm³/mol. The minimum atomic E-state index is -1.13. The summed E-state index contributed by atoms with van der Waals surface area (Å²) < 4.78 is 0. The van der Waals surface area contributed by atoms with E-state index in [4.69, 9.17) is 0 Å². The first-order chi connectivity index (χ1) is 21.3. The average Bonchev–Trinajstić information content (AvgIpc) is 3.03. The number of carboxylic acids is 2. The minimum Gasteiger partial charge on any atom is -0.478 e. The van der Waals surface area contributed by atoms with E-state index in [1.165, 1.54) is 12.1 Å². The molecular weight excluding hydrogens is 556 g/mol. The Balaban J connectivity index is 1.48. The fourth-order valence-corrected chi connectivity index (χ4v) is 7.64. The number of aromatic carboxylic acids is 2. The molecule has 0 heterocycles. The number of rotatable bonds is 6. The molecule has 0 spiro atoms. The maximum atomic E-state index is 13.7. The van der Waals surface area contributed by atoms with E-state index in [1.54, 1.807) is 24.3 Å². The molecule has 224 valence electrons. The third kappa shape index (κ3) is 4.60. The summed E-state index contributed by atoms with van der Waals surface area (Å²) in [6.07, 6.45) is 10.1. The molecule has 2 aliphatic carbocycles. The number of nitrogens with one attached hydrogen (secondary N) is 2. The van der Waals surface area contributed by atoms with Gasteiger partial charge < -0.3 is 20.8 Å². The van der Waals surface area contributed by atoms with Crippen molar-refractivity contribution >= 4 is 66.8 Å². The number of hydrogen-bond acceptors (Lipinski definition) is 4. The second kappa shape index (κ2) is 11.1. The van der Waals surface area contributed by atoms with Gasteiger partial charge in [0.05, 0.1) is 11.1 Å². The lowest BCUT2D eigenvalue weighted by molar-refractivity contribution is 0.0688. The van der Waals surface area contributed by atoms with E-state index in [-0.39, 0.29) is 35.0 Å². The highest BCUT2D eigenvalue weighted by molar-refractivity contribution is 6.38. The van der Waals surface area contributed by atoms with E-state index in [2.05, 4.69) is 10.6 Å². The van der Waals surface area contributed by atoms with Crippen LogP contribution in [0.25, 0.3) is 43.1 Å². The van der Waals surface area contributed by atoms with Crippen LogP contribution >= 0.6 is 0 Å². The van der Waals surface area contributed by atoms with Crippen molar-refractivity contribution in [3.05, 3.63) is 70.8 Å². The molecule has 0 atom stereocenters. The van der Waals surface area contributed by atoms with Crippen molar-refractivity contribution in [2.75, 3.05) is 0 Å². The van der Waals surface area contributed by atoms with Gasteiger partial charge in [-0.2, -0.15) is 0 Å². The summed E-state index contributed by atoms with van der Waals surface area (Å²) in [7, 11) is 0. The van der Waals surface area contributed by atoms with Gasteiger partial charge in [0.15, 0.2) is 0 Å². The lowest BCUT2D eigenvalue weighted by atomic mass is 9.84. The molecule has 8 heteroatoms. The molecule has 2 amide bonds. The zero-order valence-electron chi connectivity index (χ0n) is 24.4. The highest BCUT2D eigenvalue weighted by Crippen LogP contribution is 2.44. The molecular formula is C36H34N2O6. The van der Waals surface area contributed by atoms with Crippen LogP contribution in [0.1, 0.15) is 106 Å². The van der Waals surface area contributed by atoms with Gasteiger partial charge in [0.25, 0.3) is 11.8 Å². The normalized spacial score (nSPS) is 16.5. The second-order valence-electron chi connectivity index (χ2n) is 12.4. The number of benzene rings is 5. The fraction of sp³-hybridized carbons (Fsp3) is 0.333. The summed E-state index contributed by atoms with van der Waals surface area (Å²) in [5.41, 5.74) is 0.673. The average molecular weight is 591 g/mol. The lowest BCUT2D eigenvalue weighted by Gasteiger charge is -2.24. The Morgan fingerprint density at radius 1 is 0.455 bits per heavy atom. The third-order valence-corrected chi connectivity index (χ3v) is 9.73. The largest absolute Gasteiger partial charge is 0.478 e. The van der Waals surface area contributed by atoms with E-state index in [0.29, 0.717) is 54.2 Å². The Bertz CT molecular complexity index is 1820. The van der Waals surface area contributed by atoms with E-state index < -0.39 is 11.9 Å². The van der Waals surface area contributed by atoms with E-state index in [1.807, 2.05) is 12.1 Å². The first-order valence-corrected chi connectivity index (χ1v) is 15.6. The van der Waals surface area contributed by atoms with Crippen molar-refractivity contribution in [3.63, 3.8) is 0 Å². The Labute approximate surface area is 253 Å². The monoisotopic (exact) mass is 590 g/mol. The first-order valence-electron chi connectivity index (χ1n) is 15.6. The van der Waals surface area contributed by atoms with Gasteiger partial charge in [0.1, 0.15) is 0 Å². The summed E-state index contributed by atoms with van der Waals surface area (Å²) >= 11 is 0. The van der Waals surface area contributed by atoms with Crippen LogP contribution in [-0.4, -0.2) is 46.0 Å². The minimum absolute atomic E-state index is 0.0322. The van der Waals surface area contributed by atoms with Crippen LogP contribution in [0.4, 0.5) is 0 Å². The Hall–Kier alpha value is -4.72. The summed E-state index contributed by atoms with van der Waals surface area (Å²) in [5.74, 6) is -2.86. The van der Waals surface area contributed by atoms with Crippen LogP contribution in [0.3, 0.4) is 0 Å². The lowest BCUT2D eigenvalue weighted by Crippen LogP contribution is -2.36. The van der Waals surface area contributed by atoms with Crippen LogP contribution in [0.5, 0.6) is 0 Å². The fourth-order valence-electron chi connectivity index (χ4n) is 7.64. The van der Waals surface area contributed by atoms with Crippen LogP contribution in [0.15, 0.2) is 48.5 Å². The van der Waals surface area contributed by atoms with Gasteiger partial charge in [-0.25, -0.2) is 9.59 Å². The van der Waals surface area contributed by atoms with Crippen LogP contribution in [-0.2, 0) is 0 Å². The summed E-state index contributed by atoms with van der Waals surface area (Å²) in [6, 6.07) is 13.6. The highest BCUT2D eigenvalue weighted by atomic mass is 16.4. The van der Waals surface area contributed by atoms with Crippen molar-refractivity contribution in [2.24, 2.45) is 0 Å². The molecule has 0 radical (unpaired) electrons. The number of fused-ring (bicyclic) bond motifs is 2. The molecule has 44 heavy (non-hydrogen) atoms. The standard InChI is InChI=1S/C36H34N2O6/c39-33(37-19-7-3-1-4-8-19)25-15-11-21-22-12-16-26(34(40)38-20-9-5-2-6-10-20)32-28(36(43)44)18-14-24(30(22)32)23-13-17-27(35(41)42)31(25)29(21)23/h11-20H,1-10H2,(H,37,39)(H,38,40)(H,41,42)(H,43,44). The molecule has 7 rings (SSSR count). The number of carbonyl (C=O) groups is 4. The smallest absolute Gasteiger partial charge is 0.336 e. The zero-order chi connectivity index (χ0) is 30.5. The van der Waals surface area contributed by atoms with Crippen LogP contribution in [0, 0.1) is 0 Å². The molecule has 0 saturated heterocycles. The molecule has 0 bridgehead atoms. The Morgan fingerprint density at radius 2 is 0.773 bits per heavy atom. The maximum Gasteiger partial charge on any atom is 0.336 e. The highest BCUT2D eigenvalue weighted by Gasteiger charge is 2.27. The Kier molecular flexibility index (Phi) is 7.07. The summed E-state index contributed by atoms with van der Waals surface area (Å²) in [4.78, 5) is 52.3. The molecule has 5 aromatic rings. The van der Waals surface area contributed by atoms with Gasteiger partial charge in [0.2, 0.25) is 0 Å². The van der Waals surface area contributed by atoms with E-state index >= 15 is 0 Å². The second-order valence-corrected chi connectivity index (χ2v) is 12.4. The predicted octanol–water partition coefficient (Wildman–Crippen LogP) is 7.26. The molecule has 8 nitrogen and oxygen atoms in total. The van der Waals surface area contributed by atoms with Crippen molar-refractivity contribution in [2.45, 2.75) is 76.3 Å². The molecule has 5 aromatic carbocycles. The van der Waals surface area contributed by atoms with E-state index in [9.17, 15) is 29.4 Å². The van der Waals surface area contributed by atoms with E-state index in [0.717, 1.165) is 64.2 Å². The molecule has 0 aliphatic heterocycles. The van der Waals surface area contributed by atoms with Crippen molar-refractivity contribution in [3.8, 4) is 0 Å². The first kappa shape index (κ1) is 28.1. The molecule has 4 N–H and O–H groups in total. The van der Waals surface area contributed by atoms with Crippen molar-refractivity contribution in [1.82, 2.24) is 10.6 Å². The third-order valence-electron chi connectivity index (χ3n) is 9.73. The van der Waals surface area contributed by atoms with Gasteiger partial charge >= 0.3 is 11.9 Å². The molecule has 0 aromatic heterocycles. The van der Waals surface area contributed by atoms with Gasteiger partial charge in [-0.3, -0.25) is 9.59 Å². The zero-order valence-corrected chi connectivity index (χ0v) is 24.4. The van der Waals surface area contributed by atoms with Gasteiger partial charge in [-0.05, 0) is 82.3 Å². The summed E-state index contributed by atoms with van der Waals surface area (Å²) in [6.45, 7) is 0. The van der Waals surface area contributed by atoms with Crippen LogP contribution in [0.2, 0.25) is 0 Å². The van der Waals surface area contributed by atoms with Gasteiger partial charge in [-0.15, -0.1) is 0 Å². The number of hydrogen-bond donors (Lipinski definition) is 4. The topological polar surface area (TPSA) is 133 Å². The van der Waals surface area contributed by atoms with Crippen LogP contribution < -0.4 is 10.6 Å². The maximum absolute atomic E-state index is 13.7. The van der Waals surface area contributed by atoms with Crippen molar-refractivity contribution in [1.29, 1.82) is 0 Å². The number of amides is 2. The number of carboxylic acid groups (broad SMARTS) is 2. The molecule has 2 saturated carbocycles. The molecule has 2 aliphatic rings. The van der Waals surface area contributed by atoms with Crippen molar-refractivity contribution < 1.29 is 29.4 Å². The van der Waals surface area contributed by atoms with Gasteiger partial charge in [-0.1, -0.05) is 62.8 Å². The molecule has 0 unspecified atom stereocenters. The quantitative estimate of drug-likeness (QED) is 0.122. The number of carbonyl (C=O) groups excluding carboxylic acids is 2.